The third-order valence-corrected chi connectivity index (χ3v) is 5.88. The lowest BCUT2D eigenvalue weighted by Crippen LogP contribution is -2.32. The number of hydrogen-bond acceptors (Lipinski definition) is 3. The van der Waals surface area contributed by atoms with Crippen molar-refractivity contribution >= 4 is 26.0 Å². The first-order valence-corrected chi connectivity index (χ1v) is 8.61. The number of sulfonamides is 1. The van der Waals surface area contributed by atoms with Gasteiger partial charge in [0.1, 0.15) is 0 Å². The number of aliphatic hydroxyl groups is 1. The van der Waals surface area contributed by atoms with Crippen molar-refractivity contribution < 1.29 is 13.5 Å². The summed E-state index contributed by atoms with van der Waals surface area (Å²) >= 11 is 3.33. The Kier molecular flexibility index (Phi) is 4.66. The summed E-state index contributed by atoms with van der Waals surface area (Å²) in [5, 5.41) is 9.69. The second kappa shape index (κ2) is 5.91. The topological polar surface area (TPSA) is 66.4 Å². The molecule has 1 aliphatic carbocycles. The number of nitrogens with one attached hydrogen (secondary N) is 1. The maximum Gasteiger partial charge on any atom is 0.240 e. The molecule has 106 valence electrons. The fourth-order valence-electron chi connectivity index (χ4n) is 2.30. The highest BCUT2D eigenvalue weighted by atomic mass is 79.9. The van der Waals surface area contributed by atoms with E-state index in [1.165, 1.54) is 0 Å². The van der Waals surface area contributed by atoms with Crippen LogP contribution in [-0.2, 0) is 10.0 Å². The molecule has 2 N–H and O–H groups in total. The summed E-state index contributed by atoms with van der Waals surface area (Å²) in [7, 11) is -3.50. The Hall–Kier alpha value is -0.430. The molecule has 1 aromatic rings. The SMILES string of the molecule is Cc1ccc(S(=O)(=O)NCC2CCCC2O)cc1Br. The van der Waals surface area contributed by atoms with Crippen LogP contribution in [-0.4, -0.2) is 26.2 Å². The van der Waals surface area contributed by atoms with Crippen LogP contribution in [0.2, 0.25) is 0 Å². The Bertz CT molecular complexity index is 559. The summed E-state index contributed by atoms with van der Waals surface area (Å²) in [6.45, 7) is 2.21. The van der Waals surface area contributed by atoms with Crippen LogP contribution in [0.4, 0.5) is 0 Å². The largest absolute Gasteiger partial charge is 0.393 e. The number of rotatable bonds is 4. The van der Waals surface area contributed by atoms with E-state index in [2.05, 4.69) is 20.7 Å². The van der Waals surface area contributed by atoms with E-state index in [1.807, 2.05) is 6.92 Å². The number of aryl methyl sites for hydroxylation is 1. The standard InChI is InChI=1S/C13H18BrNO3S/c1-9-5-6-11(7-12(9)14)19(17,18)15-8-10-3-2-4-13(10)16/h5-7,10,13,15-16H,2-4,8H2,1H3. The van der Waals surface area contributed by atoms with Crippen molar-refractivity contribution in [1.82, 2.24) is 4.72 Å². The number of benzene rings is 1. The van der Waals surface area contributed by atoms with E-state index in [-0.39, 0.29) is 16.9 Å². The summed E-state index contributed by atoms with van der Waals surface area (Å²) in [5.41, 5.74) is 0.991. The zero-order valence-corrected chi connectivity index (χ0v) is 13.2. The Morgan fingerprint density at radius 3 is 2.74 bits per heavy atom. The quantitative estimate of drug-likeness (QED) is 0.877. The molecule has 0 amide bonds. The average molecular weight is 348 g/mol. The molecule has 6 heteroatoms. The van der Waals surface area contributed by atoms with E-state index >= 15 is 0 Å². The van der Waals surface area contributed by atoms with Gasteiger partial charge in [-0.15, -0.1) is 0 Å². The van der Waals surface area contributed by atoms with Gasteiger partial charge in [-0.1, -0.05) is 28.4 Å². The normalized spacial score (nSPS) is 23.7. The van der Waals surface area contributed by atoms with Crippen LogP contribution in [0.3, 0.4) is 0 Å². The van der Waals surface area contributed by atoms with Gasteiger partial charge in [0.2, 0.25) is 10.0 Å². The predicted octanol–water partition coefficient (Wildman–Crippen LogP) is 2.20. The summed E-state index contributed by atoms with van der Waals surface area (Å²) in [5.74, 6) is 0.0312. The summed E-state index contributed by atoms with van der Waals surface area (Å²) in [6.07, 6.45) is 2.22. The molecule has 19 heavy (non-hydrogen) atoms. The van der Waals surface area contributed by atoms with Crippen LogP contribution >= 0.6 is 15.9 Å². The summed E-state index contributed by atoms with van der Waals surface area (Å²) in [6, 6.07) is 4.96. The third-order valence-electron chi connectivity index (χ3n) is 3.61. The van der Waals surface area contributed by atoms with Crippen molar-refractivity contribution in [3.63, 3.8) is 0 Å². The van der Waals surface area contributed by atoms with E-state index in [0.29, 0.717) is 6.54 Å². The Balaban J connectivity index is 2.07. The minimum absolute atomic E-state index is 0.0312. The van der Waals surface area contributed by atoms with Crippen LogP contribution in [0.25, 0.3) is 0 Å². The molecule has 0 aromatic heterocycles. The van der Waals surface area contributed by atoms with Crippen LogP contribution < -0.4 is 4.72 Å². The molecule has 1 fully saturated rings. The van der Waals surface area contributed by atoms with Crippen molar-refractivity contribution in [2.24, 2.45) is 5.92 Å². The lowest BCUT2D eigenvalue weighted by atomic mass is 10.1. The minimum atomic E-state index is -3.50. The molecule has 0 spiro atoms. The molecule has 0 saturated heterocycles. The van der Waals surface area contributed by atoms with Crippen LogP contribution in [0.15, 0.2) is 27.6 Å². The monoisotopic (exact) mass is 347 g/mol. The van der Waals surface area contributed by atoms with Crippen LogP contribution in [0, 0.1) is 12.8 Å². The second-order valence-electron chi connectivity index (χ2n) is 5.02. The molecule has 0 bridgehead atoms. The van der Waals surface area contributed by atoms with E-state index < -0.39 is 10.0 Å². The van der Waals surface area contributed by atoms with Gasteiger partial charge in [-0.2, -0.15) is 0 Å². The average Bonchev–Trinajstić information content (AvgIpc) is 2.76. The minimum Gasteiger partial charge on any atom is -0.393 e. The highest BCUT2D eigenvalue weighted by Crippen LogP contribution is 2.25. The van der Waals surface area contributed by atoms with E-state index in [9.17, 15) is 13.5 Å². The van der Waals surface area contributed by atoms with Crippen molar-refractivity contribution in [3.05, 3.63) is 28.2 Å². The van der Waals surface area contributed by atoms with Gasteiger partial charge >= 0.3 is 0 Å². The maximum absolute atomic E-state index is 12.1. The zero-order chi connectivity index (χ0) is 14.0. The first kappa shape index (κ1) is 15.0. The van der Waals surface area contributed by atoms with Gasteiger partial charge < -0.3 is 5.11 Å². The predicted molar refractivity (Wildman–Crippen MR) is 77.4 cm³/mol. The van der Waals surface area contributed by atoms with Crippen molar-refractivity contribution in [1.29, 1.82) is 0 Å². The van der Waals surface area contributed by atoms with Gasteiger partial charge in [-0.25, -0.2) is 13.1 Å². The van der Waals surface area contributed by atoms with Gasteiger partial charge in [0.05, 0.1) is 11.0 Å². The van der Waals surface area contributed by atoms with Crippen molar-refractivity contribution in [2.75, 3.05) is 6.54 Å². The maximum atomic E-state index is 12.1. The Morgan fingerprint density at radius 1 is 1.42 bits per heavy atom. The van der Waals surface area contributed by atoms with Crippen molar-refractivity contribution in [3.8, 4) is 0 Å². The third kappa shape index (κ3) is 3.56. The van der Waals surface area contributed by atoms with Gasteiger partial charge in [0.25, 0.3) is 0 Å². The van der Waals surface area contributed by atoms with Gasteiger partial charge in [-0.05, 0) is 43.4 Å². The fourth-order valence-corrected chi connectivity index (χ4v) is 3.95. The molecule has 0 aliphatic heterocycles. The highest BCUT2D eigenvalue weighted by Gasteiger charge is 2.26. The molecule has 0 radical (unpaired) electrons. The summed E-state index contributed by atoms with van der Waals surface area (Å²) in [4.78, 5) is 0.248. The second-order valence-corrected chi connectivity index (χ2v) is 7.64. The first-order chi connectivity index (χ1) is 8.90. The molecular weight excluding hydrogens is 330 g/mol. The molecular formula is C13H18BrNO3S. The molecule has 1 saturated carbocycles. The Morgan fingerprint density at radius 2 is 2.16 bits per heavy atom. The lowest BCUT2D eigenvalue weighted by molar-refractivity contribution is 0.134. The molecule has 0 heterocycles. The number of hydrogen-bond donors (Lipinski definition) is 2. The van der Waals surface area contributed by atoms with E-state index in [0.717, 1.165) is 29.3 Å². The van der Waals surface area contributed by atoms with Gasteiger partial charge in [-0.3, -0.25) is 0 Å². The lowest BCUT2D eigenvalue weighted by Gasteiger charge is -2.15. The van der Waals surface area contributed by atoms with Gasteiger partial charge in [0, 0.05) is 11.0 Å². The number of halogens is 1. The smallest absolute Gasteiger partial charge is 0.240 e. The highest BCUT2D eigenvalue weighted by molar-refractivity contribution is 9.10. The molecule has 2 atom stereocenters. The fraction of sp³-hybridized carbons (Fsp3) is 0.538. The van der Waals surface area contributed by atoms with Crippen LogP contribution in [0.5, 0.6) is 0 Å². The van der Waals surface area contributed by atoms with E-state index in [1.54, 1.807) is 18.2 Å². The number of aliphatic hydroxyl groups excluding tert-OH is 1. The Labute approximate surface area is 122 Å². The molecule has 1 aromatic carbocycles. The molecule has 2 rings (SSSR count). The zero-order valence-electron chi connectivity index (χ0n) is 10.8. The molecule has 2 unspecified atom stereocenters. The van der Waals surface area contributed by atoms with Gasteiger partial charge in [0.15, 0.2) is 0 Å². The van der Waals surface area contributed by atoms with Crippen LogP contribution in [0.1, 0.15) is 24.8 Å². The molecule has 4 nitrogen and oxygen atoms in total. The van der Waals surface area contributed by atoms with Crippen molar-refractivity contribution in [2.45, 2.75) is 37.2 Å². The molecule has 1 aliphatic rings. The van der Waals surface area contributed by atoms with E-state index in [4.69, 9.17) is 0 Å². The first-order valence-electron chi connectivity index (χ1n) is 6.34. The summed E-state index contributed by atoms with van der Waals surface area (Å²) < 4.78 is 27.7.